The van der Waals surface area contributed by atoms with Gasteiger partial charge in [0, 0.05) is 10.6 Å². The molecule has 23 heavy (non-hydrogen) atoms. The summed E-state index contributed by atoms with van der Waals surface area (Å²) in [5.74, 6) is 0.366. The van der Waals surface area contributed by atoms with Gasteiger partial charge in [-0.05, 0) is 36.4 Å². The lowest BCUT2D eigenvalue weighted by atomic mass is 10.2. The second-order valence-corrected chi connectivity index (χ2v) is 4.91. The van der Waals surface area contributed by atoms with Gasteiger partial charge in [0.15, 0.2) is 5.84 Å². The van der Waals surface area contributed by atoms with Crippen LogP contribution in [0.5, 0.6) is 0 Å². The Balaban J connectivity index is 1.75. The summed E-state index contributed by atoms with van der Waals surface area (Å²) < 4.78 is 5.13. The Kier molecular flexibility index (Phi) is 4.07. The molecule has 0 amide bonds. The Morgan fingerprint density at radius 3 is 2.65 bits per heavy atom. The number of nitrogens with zero attached hydrogens (tertiary/aromatic N) is 4. The van der Waals surface area contributed by atoms with Crippen LogP contribution in [-0.4, -0.2) is 26.2 Å². The highest BCUT2D eigenvalue weighted by Crippen LogP contribution is 2.21. The van der Waals surface area contributed by atoms with Crippen molar-refractivity contribution in [2.75, 3.05) is 5.32 Å². The molecule has 3 rings (SSSR count). The first-order chi connectivity index (χ1) is 11.2. The molecule has 2 heterocycles. The predicted molar refractivity (Wildman–Crippen MR) is 84.8 cm³/mol. The van der Waals surface area contributed by atoms with Gasteiger partial charge in [0.25, 0.3) is 0 Å². The van der Waals surface area contributed by atoms with Gasteiger partial charge in [-0.25, -0.2) is 0 Å². The topological polar surface area (TPSA) is 122 Å². The number of nitrogens with one attached hydrogen (secondary N) is 1. The van der Waals surface area contributed by atoms with E-state index in [2.05, 4.69) is 25.6 Å². The fourth-order valence-corrected chi connectivity index (χ4v) is 1.91. The summed E-state index contributed by atoms with van der Waals surface area (Å²) in [5.41, 5.74) is 7.19. The van der Waals surface area contributed by atoms with Crippen molar-refractivity contribution in [3.8, 4) is 11.4 Å². The summed E-state index contributed by atoms with van der Waals surface area (Å²) in [7, 11) is 0. The summed E-state index contributed by atoms with van der Waals surface area (Å²) in [5, 5.41) is 18.9. The zero-order valence-electron chi connectivity index (χ0n) is 11.6. The highest BCUT2D eigenvalue weighted by molar-refractivity contribution is 6.30. The van der Waals surface area contributed by atoms with Crippen molar-refractivity contribution in [3.63, 3.8) is 0 Å². The van der Waals surface area contributed by atoms with Crippen LogP contribution >= 0.6 is 11.6 Å². The first-order valence-electron chi connectivity index (χ1n) is 6.46. The number of oxime groups is 1. The molecule has 1 aromatic carbocycles. The van der Waals surface area contributed by atoms with E-state index in [0.717, 1.165) is 5.56 Å². The fourth-order valence-electron chi connectivity index (χ4n) is 1.78. The largest absolute Gasteiger partial charge is 0.409 e. The summed E-state index contributed by atoms with van der Waals surface area (Å²) in [6, 6.07) is 10.6. The SMILES string of the molecule is N/C(=N\O)c1ccc(Nc2nc(-c3ccc(Cl)cc3)no2)cn1. The van der Waals surface area contributed by atoms with E-state index in [-0.39, 0.29) is 11.9 Å². The molecule has 4 N–H and O–H groups in total. The number of hydrogen-bond acceptors (Lipinski definition) is 7. The molecule has 0 fully saturated rings. The van der Waals surface area contributed by atoms with Crippen molar-refractivity contribution in [3.05, 3.63) is 53.3 Å². The second kappa shape index (κ2) is 6.32. The van der Waals surface area contributed by atoms with Gasteiger partial charge >= 0.3 is 6.01 Å². The van der Waals surface area contributed by atoms with Gasteiger partial charge in [0.1, 0.15) is 5.69 Å². The number of anilines is 2. The monoisotopic (exact) mass is 330 g/mol. The molecule has 0 saturated heterocycles. The number of nitrogens with two attached hydrogens (primary N) is 1. The summed E-state index contributed by atoms with van der Waals surface area (Å²) in [6.45, 7) is 0. The Morgan fingerprint density at radius 2 is 2.00 bits per heavy atom. The minimum atomic E-state index is -0.0700. The third-order valence-electron chi connectivity index (χ3n) is 2.91. The summed E-state index contributed by atoms with van der Waals surface area (Å²) in [4.78, 5) is 8.27. The normalized spacial score (nSPS) is 11.4. The highest BCUT2D eigenvalue weighted by atomic mass is 35.5. The number of amidine groups is 1. The number of benzene rings is 1. The van der Waals surface area contributed by atoms with E-state index < -0.39 is 0 Å². The molecule has 0 bridgehead atoms. The van der Waals surface area contributed by atoms with Crippen LogP contribution in [0.4, 0.5) is 11.7 Å². The van der Waals surface area contributed by atoms with E-state index in [9.17, 15) is 0 Å². The first-order valence-corrected chi connectivity index (χ1v) is 6.84. The van der Waals surface area contributed by atoms with E-state index in [4.69, 9.17) is 27.1 Å². The number of pyridine rings is 1. The molecule has 0 spiro atoms. The first kappa shape index (κ1) is 14.8. The second-order valence-electron chi connectivity index (χ2n) is 4.47. The predicted octanol–water partition coefficient (Wildman–Crippen LogP) is 2.62. The zero-order chi connectivity index (χ0) is 16.2. The van der Waals surface area contributed by atoms with Gasteiger partial charge in [0.05, 0.1) is 11.9 Å². The van der Waals surface area contributed by atoms with E-state index in [1.54, 1.807) is 36.4 Å². The van der Waals surface area contributed by atoms with E-state index >= 15 is 0 Å². The molecule has 0 radical (unpaired) electrons. The zero-order valence-corrected chi connectivity index (χ0v) is 12.4. The third-order valence-corrected chi connectivity index (χ3v) is 3.17. The molecule has 2 aromatic heterocycles. The number of aromatic nitrogens is 3. The van der Waals surface area contributed by atoms with E-state index in [1.165, 1.54) is 6.20 Å². The van der Waals surface area contributed by atoms with Crippen molar-refractivity contribution in [2.24, 2.45) is 10.9 Å². The molecule has 8 nitrogen and oxygen atoms in total. The van der Waals surface area contributed by atoms with Crippen molar-refractivity contribution in [1.29, 1.82) is 0 Å². The molecule has 0 aliphatic rings. The number of hydrogen-bond donors (Lipinski definition) is 3. The molecule has 0 unspecified atom stereocenters. The third kappa shape index (κ3) is 3.38. The minimum absolute atomic E-state index is 0.0700. The summed E-state index contributed by atoms with van der Waals surface area (Å²) in [6.07, 6.45) is 1.50. The fraction of sp³-hybridized carbons (Fsp3) is 0. The molecule has 116 valence electrons. The van der Waals surface area contributed by atoms with Gasteiger partial charge in [-0.15, -0.1) is 0 Å². The average molecular weight is 331 g/mol. The van der Waals surface area contributed by atoms with Crippen molar-refractivity contribution >= 4 is 29.1 Å². The maximum Gasteiger partial charge on any atom is 0.326 e. The van der Waals surface area contributed by atoms with Gasteiger partial charge < -0.3 is 20.8 Å². The summed E-state index contributed by atoms with van der Waals surface area (Å²) >= 11 is 5.84. The lowest BCUT2D eigenvalue weighted by Crippen LogP contribution is -2.14. The molecular weight excluding hydrogens is 320 g/mol. The Morgan fingerprint density at radius 1 is 1.22 bits per heavy atom. The van der Waals surface area contributed by atoms with Crippen molar-refractivity contribution in [1.82, 2.24) is 15.1 Å². The molecule has 3 aromatic rings. The molecule has 0 atom stereocenters. The maximum absolute atomic E-state index is 8.59. The van der Waals surface area contributed by atoms with E-state index in [1.807, 2.05) is 0 Å². The van der Waals surface area contributed by atoms with E-state index in [0.29, 0.717) is 22.2 Å². The quantitative estimate of drug-likeness (QED) is 0.291. The van der Waals surface area contributed by atoms with Gasteiger partial charge in [-0.3, -0.25) is 4.98 Å². The molecule has 9 heteroatoms. The van der Waals surface area contributed by atoms with Crippen LogP contribution in [0.15, 0.2) is 52.3 Å². The Bertz CT molecular complexity index is 829. The van der Waals surface area contributed by atoms with Crippen LogP contribution in [0, 0.1) is 0 Å². The van der Waals surface area contributed by atoms with Crippen LogP contribution < -0.4 is 11.1 Å². The van der Waals surface area contributed by atoms with Gasteiger partial charge in [0.2, 0.25) is 5.82 Å². The Labute approximate surface area is 135 Å². The smallest absolute Gasteiger partial charge is 0.326 e. The standard InChI is InChI=1S/C14H11ClN6O2/c15-9-3-1-8(2-4-9)13-19-14(23-21-13)18-10-5-6-11(17-7-10)12(16)20-22/h1-7,22H,(H2,16,20)(H,18,19,21). The van der Waals surface area contributed by atoms with Gasteiger partial charge in [-0.2, -0.15) is 4.98 Å². The molecule has 0 saturated carbocycles. The maximum atomic E-state index is 8.59. The van der Waals surface area contributed by atoms with Gasteiger partial charge in [-0.1, -0.05) is 21.9 Å². The van der Waals surface area contributed by atoms with Crippen LogP contribution in [0.3, 0.4) is 0 Å². The lowest BCUT2D eigenvalue weighted by Gasteiger charge is -2.01. The highest BCUT2D eigenvalue weighted by Gasteiger charge is 2.09. The lowest BCUT2D eigenvalue weighted by molar-refractivity contribution is 0.318. The molecular formula is C14H11ClN6O2. The average Bonchev–Trinajstić information content (AvgIpc) is 3.04. The Hall–Kier alpha value is -3.13. The number of halogens is 1. The molecule has 0 aliphatic heterocycles. The van der Waals surface area contributed by atoms with Crippen LogP contribution in [0.1, 0.15) is 5.69 Å². The van der Waals surface area contributed by atoms with Crippen LogP contribution in [-0.2, 0) is 0 Å². The van der Waals surface area contributed by atoms with Crippen LogP contribution in [0.2, 0.25) is 5.02 Å². The number of rotatable bonds is 4. The molecule has 0 aliphatic carbocycles. The van der Waals surface area contributed by atoms with Crippen LogP contribution in [0.25, 0.3) is 11.4 Å². The van der Waals surface area contributed by atoms with Crippen molar-refractivity contribution in [2.45, 2.75) is 0 Å². The van der Waals surface area contributed by atoms with Crippen molar-refractivity contribution < 1.29 is 9.73 Å². The minimum Gasteiger partial charge on any atom is -0.409 e.